The molecular formula is C31H45N3O2. The summed E-state index contributed by atoms with van der Waals surface area (Å²) in [6.45, 7) is 4.06. The lowest BCUT2D eigenvalue weighted by Gasteiger charge is -2.10. The van der Waals surface area contributed by atoms with Crippen molar-refractivity contribution in [3.05, 3.63) is 59.9 Å². The van der Waals surface area contributed by atoms with Crippen molar-refractivity contribution in [3.63, 3.8) is 0 Å². The molecule has 1 amide bonds. The van der Waals surface area contributed by atoms with E-state index in [0.29, 0.717) is 6.42 Å². The first kappa shape index (κ1) is 27.8. The second-order valence-electron chi connectivity index (χ2n) is 9.83. The average molecular weight is 492 g/mol. The van der Waals surface area contributed by atoms with E-state index < -0.39 is 0 Å². The largest absolute Gasteiger partial charge is 0.497 e. The number of benzene rings is 2. The molecule has 0 saturated carbocycles. The first-order valence-electron chi connectivity index (χ1n) is 14.0. The zero-order valence-corrected chi connectivity index (χ0v) is 22.4. The van der Waals surface area contributed by atoms with Crippen LogP contribution in [0.15, 0.2) is 48.5 Å². The molecule has 0 unspecified atom stereocenters. The molecule has 5 nitrogen and oxygen atoms in total. The quantitative estimate of drug-likeness (QED) is 0.191. The van der Waals surface area contributed by atoms with Crippen LogP contribution < -0.4 is 10.1 Å². The van der Waals surface area contributed by atoms with Crippen molar-refractivity contribution in [1.29, 1.82) is 0 Å². The highest BCUT2D eigenvalue weighted by Crippen LogP contribution is 2.19. The highest BCUT2D eigenvalue weighted by Gasteiger charge is 2.10. The number of nitrogens with zero attached hydrogens (tertiary/aromatic N) is 2. The lowest BCUT2D eigenvalue weighted by molar-refractivity contribution is -0.120. The van der Waals surface area contributed by atoms with Crippen LogP contribution in [0.4, 0.5) is 0 Å². The molecule has 2 aromatic carbocycles. The van der Waals surface area contributed by atoms with Gasteiger partial charge in [0.05, 0.1) is 24.6 Å². The maximum absolute atomic E-state index is 12.2. The third kappa shape index (κ3) is 9.33. The molecule has 0 aliphatic rings. The molecule has 1 heterocycles. The predicted molar refractivity (Wildman–Crippen MR) is 150 cm³/mol. The van der Waals surface area contributed by atoms with Gasteiger partial charge in [0, 0.05) is 19.5 Å². The van der Waals surface area contributed by atoms with Gasteiger partial charge in [-0.25, -0.2) is 4.98 Å². The maximum atomic E-state index is 12.2. The van der Waals surface area contributed by atoms with Gasteiger partial charge < -0.3 is 14.6 Å². The number of amides is 1. The normalized spacial score (nSPS) is 11.2. The van der Waals surface area contributed by atoms with Gasteiger partial charge in [-0.3, -0.25) is 4.79 Å². The van der Waals surface area contributed by atoms with E-state index in [9.17, 15) is 4.79 Å². The second kappa shape index (κ2) is 16.0. The summed E-state index contributed by atoms with van der Waals surface area (Å²) in [5.41, 5.74) is 3.38. The number of hydrogen-bond acceptors (Lipinski definition) is 3. The van der Waals surface area contributed by atoms with E-state index in [1.54, 1.807) is 7.11 Å². The van der Waals surface area contributed by atoms with Crippen molar-refractivity contribution in [3.8, 4) is 5.75 Å². The van der Waals surface area contributed by atoms with Gasteiger partial charge in [-0.15, -0.1) is 0 Å². The molecule has 0 saturated heterocycles. The molecule has 0 aliphatic heterocycles. The van der Waals surface area contributed by atoms with Crippen LogP contribution in [-0.2, 0) is 24.2 Å². The Kier molecular flexibility index (Phi) is 12.4. The van der Waals surface area contributed by atoms with Gasteiger partial charge in [0.1, 0.15) is 11.6 Å². The summed E-state index contributed by atoms with van der Waals surface area (Å²) in [6.07, 6.45) is 15.3. The Labute approximate surface area is 217 Å². The van der Waals surface area contributed by atoms with E-state index in [1.165, 1.54) is 62.7 Å². The summed E-state index contributed by atoms with van der Waals surface area (Å²) >= 11 is 0. The molecule has 3 aromatic rings. The molecule has 1 aromatic heterocycles. The molecule has 196 valence electrons. The molecule has 0 aliphatic carbocycles. The summed E-state index contributed by atoms with van der Waals surface area (Å²) in [5.74, 6) is 2.10. The maximum Gasteiger partial charge on any atom is 0.224 e. The number of para-hydroxylation sites is 2. The number of fused-ring (bicyclic) bond motifs is 1. The number of carbonyl (C=O) groups excluding carboxylic acids is 1. The van der Waals surface area contributed by atoms with E-state index in [4.69, 9.17) is 9.72 Å². The number of aromatic nitrogens is 2. The van der Waals surface area contributed by atoms with Gasteiger partial charge >= 0.3 is 0 Å². The van der Waals surface area contributed by atoms with E-state index >= 15 is 0 Å². The number of hydrogen-bond donors (Lipinski definition) is 1. The standard InChI is InChI=1S/C31H45N3O2/c1-3-4-5-6-7-8-9-15-24-34-29-17-13-12-16-28(29)33-30(34)18-11-10-14-23-32-31(35)25-26-19-21-27(36-2)22-20-26/h12-13,16-17,19-22H,3-11,14-15,18,23-25H2,1-2H3,(H,32,35). The molecule has 0 bridgehead atoms. The number of nitrogens with one attached hydrogen (secondary N) is 1. The molecule has 3 rings (SSSR count). The Morgan fingerprint density at radius 3 is 2.31 bits per heavy atom. The number of rotatable bonds is 18. The zero-order valence-electron chi connectivity index (χ0n) is 22.4. The van der Waals surface area contributed by atoms with Gasteiger partial charge in [-0.1, -0.05) is 82.6 Å². The second-order valence-corrected chi connectivity index (χ2v) is 9.83. The Morgan fingerprint density at radius 1 is 0.861 bits per heavy atom. The van der Waals surface area contributed by atoms with Gasteiger partial charge in [0.15, 0.2) is 0 Å². The van der Waals surface area contributed by atoms with E-state index in [1.807, 2.05) is 24.3 Å². The van der Waals surface area contributed by atoms with Crippen LogP contribution in [0.1, 0.15) is 88.9 Å². The van der Waals surface area contributed by atoms with Crippen molar-refractivity contribution in [1.82, 2.24) is 14.9 Å². The minimum atomic E-state index is 0.0762. The predicted octanol–water partition coefficient (Wildman–Crippen LogP) is 7.26. The number of imidazole rings is 1. The Morgan fingerprint density at radius 2 is 1.56 bits per heavy atom. The summed E-state index contributed by atoms with van der Waals surface area (Å²) in [4.78, 5) is 17.2. The summed E-state index contributed by atoms with van der Waals surface area (Å²) in [5, 5.41) is 3.06. The van der Waals surface area contributed by atoms with Crippen molar-refractivity contribution in [2.24, 2.45) is 0 Å². The molecule has 36 heavy (non-hydrogen) atoms. The lowest BCUT2D eigenvalue weighted by Crippen LogP contribution is -2.26. The summed E-state index contributed by atoms with van der Waals surface area (Å²) in [6, 6.07) is 16.2. The fraction of sp³-hybridized carbons (Fsp3) is 0.548. The number of unbranched alkanes of at least 4 members (excludes halogenated alkanes) is 9. The van der Waals surface area contributed by atoms with Crippen molar-refractivity contribution in [2.75, 3.05) is 13.7 Å². The fourth-order valence-corrected chi connectivity index (χ4v) is 4.77. The minimum absolute atomic E-state index is 0.0762. The van der Waals surface area contributed by atoms with Crippen molar-refractivity contribution < 1.29 is 9.53 Å². The molecule has 5 heteroatoms. The third-order valence-electron chi connectivity index (χ3n) is 6.89. The van der Waals surface area contributed by atoms with E-state index in [0.717, 1.165) is 55.6 Å². The SMILES string of the molecule is CCCCCCCCCCn1c(CCCCCNC(=O)Cc2ccc(OC)cc2)nc2ccccc21. The Bertz CT molecular complexity index is 1030. The van der Waals surface area contributed by atoms with E-state index in [-0.39, 0.29) is 5.91 Å². The van der Waals surface area contributed by atoms with Crippen LogP contribution in [0.5, 0.6) is 5.75 Å². The molecule has 0 spiro atoms. The van der Waals surface area contributed by atoms with Gasteiger partial charge in [-0.05, 0) is 49.1 Å². The molecular weight excluding hydrogens is 446 g/mol. The summed E-state index contributed by atoms with van der Waals surface area (Å²) < 4.78 is 7.62. The number of carbonyl (C=O) groups is 1. The van der Waals surface area contributed by atoms with Crippen LogP contribution in [0.25, 0.3) is 11.0 Å². The van der Waals surface area contributed by atoms with Crippen LogP contribution in [0.2, 0.25) is 0 Å². The zero-order chi connectivity index (χ0) is 25.4. The van der Waals surface area contributed by atoms with Gasteiger partial charge in [0.25, 0.3) is 0 Å². The molecule has 0 fully saturated rings. The van der Waals surface area contributed by atoms with Gasteiger partial charge in [-0.2, -0.15) is 0 Å². The van der Waals surface area contributed by atoms with Crippen LogP contribution >= 0.6 is 0 Å². The average Bonchev–Trinajstić information content (AvgIpc) is 3.25. The minimum Gasteiger partial charge on any atom is -0.497 e. The fourth-order valence-electron chi connectivity index (χ4n) is 4.77. The Hall–Kier alpha value is -2.82. The van der Waals surface area contributed by atoms with Crippen LogP contribution in [-0.4, -0.2) is 29.1 Å². The first-order valence-corrected chi connectivity index (χ1v) is 14.0. The monoisotopic (exact) mass is 491 g/mol. The number of ether oxygens (including phenoxy) is 1. The molecule has 1 N–H and O–H groups in total. The topological polar surface area (TPSA) is 56.2 Å². The number of methoxy groups -OCH3 is 1. The molecule has 0 radical (unpaired) electrons. The molecule has 0 atom stereocenters. The Balaban J connectivity index is 1.36. The van der Waals surface area contributed by atoms with Crippen molar-refractivity contribution >= 4 is 16.9 Å². The van der Waals surface area contributed by atoms with Crippen molar-refractivity contribution in [2.45, 2.75) is 96.9 Å². The number of aryl methyl sites for hydroxylation is 2. The highest BCUT2D eigenvalue weighted by molar-refractivity contribution is 5.78. The smallest absolute Gasteiger partial charge is 0.224 e. The van der Waals surface area contributed by atoms with E-state index in [2.05, 4.69) is 41.1 Å². The van der Waals surface area contributed by atoms with Gasteiger partial charge in [0.2, 0.25) is 5.91 Å². The first-order chi connectivity index (χ1) is 17.7. The third-order valence-corrected chi connectivity index (χ3v) is 6.89. The highest BCUT2D eigenvalue weighted by atomic mass is 16.5. The van der Waals surface area contributed by atoms with Crippen LogP contribution in [0.3, 0.4) is 0 Å². The lowest BCUT2D eigenvalue weighted by atomic mass is 10.1. The summed E-state index contributed by atoms with van der Waals surface area (Å²) in [7, 11) is 1.65. The van der Waals surface area contributed by atoms with Crippen LogP contribution in [0, 0.1) is 0 Å².